The van der Waals surface area contributed by atoms with E-state index in [9.17, 15) is 19.2 Å². The van der Waals surface area contributed by atoms with Gasteiger partial charge in [0.2, 0.25) is 0 Å². The van der Waals surface area contributed by atoms with E-state index in [2.05, 4.69) is 4.74 Å². The monoisotopic (exact) mass is 284 g/mol. The van der Waals surface area contributed by atoms with Crippen LogP contribution < -0.4 is 0 Å². The predicted molar refractivity (Wildman–Crippen MR) is 53.4 cm³/mol. The number of carboxylic acids is 4. The average molecular weight is 284 g/mol. The van der Waals surface area contributed by atoms with Crippen molar-refractivity contribution < 1.29 is 55.3 Å². The number of hydrogen-bond donors (Lipinski definition) is 4. The van der Waals surface area contributed by atoms with E-state index >= 15 is 0 Å². The van der Waals surface area contributed by atoms with Gasteiger partial charge < -0.3 is 36.1 Å². The van der Waals surface area contributed by atoms with E-state index < -0.39 is 47.9 Å². The summed E-state index contributed by atoms with van der Waals surface area (Å²) in [4.78, 5) is 43.0. The van der Waals surface area contributed by atoms with Crippen molar-refractivity contribution >= 4 is 23.9 Å². The lowest BCUT2D eigenvalue weighted by Gasteiger charge is -2.13. The van der Waals surface area contributed by atoms with Crippen LogP contribution >= 0.6 is 0 Å². The molecule has 0 radical (unpaired) electrons. The van der Waals surface area contributed by atoms with Crippen molar-refractivity contribution in [2.45, 2.75) is 12.2 Å². The highest BCUT2D eigenvalue weighted by atomic mass is 16.6. The lowest BCUT2D eigenvalue weighted by Crippen LogP contribution is -2.39. The number of rotatable bonds is 4. The molecule has 1 fully saturated rings. The zero-order valence-electron chi connectivity index (χ0n) is 9.14. The van der Waals surface area contributed by atoms with Crippen molar-refractivity contribution in [1.29, 1.82) is 0 Å². The topological polar surface area (TPSA) is 221 Å². The molecule has 19 heavy (non-hydrogen) atoms. The number of hydrogen-bond acceptors (Lipinski definition) is 5. The number of carboxylic acid groups (broad SMARTS) is 4. The highest BCUT2D eigenvalue weighted by Gasteiger charge is 2.57. The van der Waals surface area contributed by atoms with Crippen LogP contribution in [0.25, 0.3) is 0 Å². The molecule has 1 aliphatic heterocycles. The fourth-order valence-corrected chi connectivity index (χ4v) is 1.69. The SMILES string of the molecule is O.O.O=C(O)C1OC(C(=O)O)C(C(=O)O)C1C(=O)O. The van der Waals surface area contributed by atoms with Gasteiger partial charge in [-0.05, 0) is 0 Å². The Morgan fingerprint density at radius 2 is 0.895 bits per heavy atom. The van der Waals surface area contributed by atoms with E-state index in [0.717, 1.165) is 0 Å². The van der Waals surface area contributed by atoms with Crippen LogP contribution in [0.5, 0.6) is 0 Å². The second-order valence-electron chi connectivity index (χ2n) is 3.38. The van der Waals surface area contributed by atoms with Gasteiger partial charge in [0, 0.05) is 0 Å². The van der Waals surface area contributed by atoms with Crippen molar-refractivity contribution in [3.63, 3.8) is 0 Å². The van der Waals surface area contributed by atoms with Crippen LogP contribution in [0.15, 0.2) is 0 Å². The van der Waals surface area contributed by atoms with Crippen LogP contribution in [0.2, 0.25) is 0 Å². The minimum Gasteiger partial charge on any atom is -0.481 e. The van der Waals surface area contributed by atoms with Crippen molar-refractivity contribution in [2.75, 3.05) is 0 Å². The summed E-state index contributed by atoms with van der Waals surface area (Å²) in [5, 5.41) is 34.8. The van der Waals surface area contributed by atoms with E-state index in [0.29, 0.717) is 0 Å². The molecule has 0 spiro atoms. The maximum absolute atomic E-state index is 10.8. The van der Waals surface area contributed by atoms with Crippen LogP contribution in [0.4, 0.5) is 0 Å². The summed E-state index contributed by atoms with van der Waals surface area (Å²) in [7, 11) is 0. The second-order valence-corrected chi connectivity index (χ2v) is 3.38. The van der Waals surface area contributed by atoms with Gasteiger partial charge in [-0.2, -0.15) is 0 Å². The molecule has 0 aromatic rings. The van der Waals surface area contributed by atoms with Gasteiger partial charge in [0.05, 0.1) is 0 Å². The molecule has 11 nitrogen and oxygen atoms in total. The second kappa shape index (κ2) is 6.63. The minimum atomic E-state index is -1.99. The fraction of sp³-hybridized carbons (Fsp3) is 0.500. The molecule has 0 bridgehead atoms. The molecule has 1 rings (SSSR count). The predicted octanol–water partition coefficient (Wildman–Crippen LogP) is -3.32. The zero-order valence-corrected chi connectivity index (χ0v) is 9.14. The van der Waals surface area contributed by atoms with E-state index in [4.69, 9.17) is 20.4 Å². The van der Waals surface area contributed by atoms with Crippen molar-refractivity contribution in [3.8, 4) is 0 Å². The standard InChI is InChI=1S/C8H8O9.2H2O/c9-5(10)1-2(6(11)12)4(8(15)16)17-3(1)7(13)14;;/h1-4H,(H,9,10)(H,11,12)(H,13,14)(H,15,16);2*1H2. The van der Waals surface area contributed by atoms with Gasteiger partial charge in [-0.15, -0.1) is 0 Å². The van der Waals surface area contributed by atoms with Crippen LogP contribution in [0.3, 0.4) is 0 Å². The molecule has 8 N–H and O–H groups in total. The molecule has 0 saturated carbocycles. The first-order valence-electron chi connectivity index (χ1n) is 4.34. The Kier molecular flexibility index (Phi) is 6.67. The summed E-state index contributed by atoms with van der Waals surface area (Å²) in [6.45, 7) is 0. The molecule has 0 aromatic carbocycles. The van der Waals surface area contributed by atoms with Gasteiger partial charge in [0.25, 0.3) is 0 Å². The highest BCUT2D eigenvalue weighted by Crippen LogP contribution is 2.33. The quantitative estimate of drug-likeness (QED) is 0.404. The molecule has 1 heterocycles. The molecule has 4 atom stereocenters. The molecule has 11 heteroatoms. The van der Waals surface area contributed by atoms with Crippen molar-refractivity contribution in [1.82, 2.24) is 0 Å². The van der Waals surface area contributed by atoms with E-state index in [1.807, 2.05) is 0 Å². The third-order valence-corrected chi connectivity index (χ3v) is 2.39. The Morgan fingerprint density at radius 1 is 0.632 bits per heavy atom. The molecule has 0 aliphatic carbocycles. The largest absolute Gasteiger partial charge is 0.481 e. The molecule has 1 aliphatic rings. The van der Waals surface area contributed by atoms with Gasteiger partial charge in [-0.25, -0.2) is 9.59 Å². The molecular formula is C8H12O11. The Bertz CT molecular complexity index is 352. The summed E-state index contributed by atoms with van der Waals surface area (Å²) in [5.41, 5.74) is 0. The normalized spacial score (nSPS) is 28.6. The first kappa shape index (κ1) is 19.1. The Morgan fingerprint density at radius 3 is 1.05 bits per heavy atom. The maximum atomic E-state index is 10.8. The van der Waals surface area contributed by atoms with Crippen LogP contribution in [-0.2, 0) is 23.9 Å². The summed E-state index contributed by atoms with van der Waals surface area (Å²) in [6, 6.07) is 0. The smallest absolute Gasteiger partial charge is 0.333 e. The van der Waals surface area contributed by atoms with E-state index in [-0.39, 0.29) is 11.0 Å². The number of ether oxygens (including phenoxy) is 1. The van der Waals surface area contributed by atoms with E-state index in [1.165, 1.54) is 0 Å². The molecule has 110 valence electrons. The van der Waals surface area contributed by atoms with Gasteiger partial charge in [0.15, 0.2) is 12.2 Å². The van der Waals surface area contributed by atoms with Crippen molar-refractivity contribution in [3.05, 3.63) is 0 Å². The van der Waals surface area contributed by atoms with Gasteiger partial charge in [-0.3, -0.25) is 9.59 Å². The molecule has 0 aromatic heterocycles. The molecular weight excluding hydrogens is 272 g/mol. The first-order valence-corrected chi connectivity index (χ1v) is 4.34. The Hall–Kier alpha value is -2.24. The fourth-order valence-electron chi connectivity index (χ4n) is 1.69. The van der Waals surface area contributed by atoms with Gasteiger partial charge >= 0.3 is 23.9 Å². The highest BCUT2D eigenvalue weighted by molar-refractivity contribution is 5.92. The number of aliphatic carboxylic acids is 4. The van der Waals surface area contributed by atoms with Crippen LogP contribution in [0.1, 0.15) is 0 Å². The van der Waals surface area contributed by atoms with Crippen LogP contribution in [-0.4, -0.2) is 67.5 Å². The van der Waals surface area contributed by atoms with Gasteiger partial charge in [-0.1, -0.05) is 0 Å². The Balaban J connectivity index is 0. The van der Waals surface area contributed by atoms with Crippen LogP contribution in [0, 0.1) is 11.8 Å². The lowest BCUT2D eigenvalue weighted by atomic mass is 9.87. The summed E-state index contributed by atoms with van der Waals surface area (Å²) in [6.07, 6.45) is -3.98. The summed E-state index contributed by atoms with van der Waals surface area (Å²) in [5.74, 6) is -10.8. The molecule has 1 saturated heterocycles. The molecule has 0 amide bonds. The van der Waals surface area contributed by atoms with Crippen molar-refractivity contribution in [2.24, 2.45) is 11.8 Å². The summed E-state index contributed by atoms with van der Waals surface area (Å²) >= 11 is 0. The zero-order chi connectivity index (χ0) is 13.3. The lowest BCUT2D eigenvalue weighted by molar-refractivity contribution is -0.163. The van der Waals surface area contributed by atoms with Gasteiger partial charge in [0.1, 0.15) is 11.8 Å². The first-order chi connectivity index (χ1) is 7.77. The Labute approximate surface area is 104 Å². The summed E-state index contributed by atoms with van der Waals surface area (Å²) < 4.78 is 4.47. The third-order valence-electron chi connectivity index (χ3n) is 2.39. The number of carbonyl (C=O) groups is 4. The average Bonchev–Trinajstić information content (AvgIpc) is 2.56. The maximum Gasteiger partial charge on any atom is 0.333 e. The third kappa shape index (κ3) is 3.37. The minimum absolute atomic E-state index is 0. The van der Waals surface area contributed by atoms with E-state index in [1.54, 1.807) is 0 Å². The molecule has 4 unspecified atom stereocenters.